The molecule has 2 aliphatic rings. The van der Waals surface area contributed by atoms with Crippen molar-refractivity contribution in [1.82, 2.24) is 5.32 Å². The normalized spacial score (nSPS) is 28.6. The molecule has 0 amide bonds. The van der Waals surface area contributed by atoms with E-state index in [9.17, 15) is 0 Å². The summed E-state index contributed by atoms with van der Waals surface area (Å²) >= 11 is 0. The largest absolute Gasteiger partial charge is 0.309 e. The number of hydrogen-bond donors (Lipinski definition) is 1. The second-order valence-corrected chi connectivity index (χ2v) is 6.02. The third-order valence-corrected chi connectivity index (χ3v) is 4.27. The molecule has 0 aliphatic heterocycles. The van der Waals surface area contributed by atoms with Crippen LogP contribution in [0, 0.1) is 11.3 Å². The van der Waals surface area contributed by atoms with Crippen molar-refractivity contribution >= 4 is 0 Å². The van der Waals surface area contributed by atoms with Crippen molar-refractivity contribution in [3.63, 3.8) is 0 Å². The van der Waals surface area contributed by atoms with Crippen molar-refractivity contribution < 1.29 is 0 Å². The molecule has 2 aliphatic carbocycles. The standard InChI is InChI=1S/C12H23N/c1-9(12(4)7-8-12)13-11(2,3)10-5-6-10/h9-10,13H,5-8H2,1-4H3. The molecular weight excluding hydrogens is 158 g/mol. The quantitative estimate of drug-likeness (QED) is 0.703. The maximum Gasteiger partial charge on any atom is 0.0156 e. The van der Waals surface area contributed by atoms with Gasteiger partial charge in [0.25, 0.3) is 0 Å². The Morgan fingerprint density at radius 3 is 2.23 bits per heavy atom. The molecule has 1 atom stereocenters. The first-order valence-corrected chi connectivity index (χ1v) is 5.72. The van der Waals surface area contributed by atoms with Crippen LogP contribution in [0.25, 0.3) is 0 Å². The minimum Gasteiger partial charge on any atom is -0.309 e. The molecular formula is C12H23N. The van der Waals surface area contributed by atoms with E-state index in [4.69, 9.17) is 0 Å². The van der Waals surface area contributed by atoms with Crippen molar-refractivity contribution in [2.45, 2.75) is 65.0 Å². The van der Waals surface area contributed by atoms with E-state index in [1.807, 2.05) is 0 Å². The summed E-state index contributed by atoms with van der Waals surface area (Å²) in [6.07, 6.45) is 5.71. The molecule has 2 fully saturated rings. The Bertz CT molecular complexity index is 199. The van der Waals surface area contributed by atoms with Crippen LogP contribution < -0.4 is 5.32 Å². The maximum atomic E-state index is 3.82. The highest BCUT2D eigenvalue weighted by atomic mass is 15.0. The Labute approximate surface area is 82.3 Å². The van der Waals surface area contributed by atoms with Gasteiger partial charge < -0.3 is 5.32 Å². The van der Waals surface area contributed by atoms with Crippen LogP contribution in [-0.4, -0.2) is 11.6 Å². The van der Waals surface area contributed by atoms with Crippen LogP contribution in [0.3, 0.4) is 0 Å². The fourth-order valence-electron chi connectivity index (χ4n) is 2.29. The third-order valence-electron chi connectivity index (χ3n) is 4.27. The lowest BCUT2D eigenvalue weighted by molar-refractivity contribution is 0.252. The number of hydrogen-bond acceptors (Lipinski definition) is 1. The Morgan fingerprint density at radius 1 is 1.31 bits per heavy atom. The number of rotatable bonds is 4. The van der Waals surface area contributed by atoms with Gasteiger partial charge in [-0.25, -0.2) is 0 Å². The van der Waals surface area contributed by atoms with Crippen LogP contribution in [0.4, 0.5) is 0 Å². The highest BCUT2D eigenvalue weighted by molar-refractivity contribution is 5.02. The van der Waals surface area contributed by atoms with Crippen LogP contribution in [-0.2, 0) is 0 Å². The van der Waals surface area contributed by atoms with Crippen molar-refractivity contribution in [2.75, 3.05) is 0 Å². The van der Waals surface area contributed by atoms with Gasteiger partial charge in [-0.1, -0.05) is 6.92 Å². The van der Waals surface area contributed by atoms with Crippen molar-refractivity contribution in [2.24, 2.45) is 11.3 Å². The average Bonchev–Trinajstić information content (AvgIpc) is 2.78. The van der Waals surface area contributed by atoms with E-state index in [-0.39, 0.29) is 0 Å². The van der Waals surface area contributed by atoms with Gasteiger partial charge in [0.2, 0.25) is 0 Å². The van der Waals surface area contributed by atoms with E-state index in [0.717, 1.165) is 5.92 Å². The lowest BCUT2D eigenvalue weighted by Gasteiger charge is -2.33. The second-order valence-electron chi connectivity index (χ2n) is 6.02. The first kappa shape index (κ1) is 9.51. The summed E-state index contributed by atoms with van der Waals surface area (Å²) in [5.41, 5.74) is 0.997. The van der Waals surface area contributed by atoms with Gasteiger partial charge in [0.15, 0.2) is 0 Å². The van der Waals surface area contributed by atoms with E-state index in [1.165, 1.54) is 25.7 Å². The summed E-state index contributed by atoms with van der Waals surface area (Å²) < 4.78 is 0. The molecule has 13 heavy (non-hydrogen) atoms. The number of nitrogens with one attached hydrogen (secondary N) is 1. The van der Waals surface area contributed by atoms with Crippen LogP contribution in [0.2, 0.25) is 0 Å². The zero-order valence-electron chi connectivity index (χ0n) is 9.48. The molecule has 0 heterocycles. The topological polar surface area (TPSA) is 12.0 Å². The summed E-state index contributed by atoms with van der Waals surface area (Å²) in [5.74, 6) is 0.942. The van der Waals surface area contributed by atoms with Gasteiger partial charge in [0.1, 0.15) is 0 Å². The monoisotopic (exact) mass is 181 g/mol. The van der Waals surface area contributed by atoms with E-state index in [0.29, 0.717) is 17.0 Å². The molecule has 1 N–H and O–H groups in total. The summed E-state index contributed by atoms with van der Waals surface area (Å²) in [5, 5.41) is 3.82. The zero-order chi connectivity index (χ0) is 9.69. The van der Waals surface area contributed by atoms with Gasteiger partial charge in [0, 0.05) is 11.6 Å². The minimum atomic E-state index is 0.380. The van der Waals surface area contributed by atoms with Gasteiger partial charge in [-0.05, 0) is 57.8 Å². The third kappa shape index (κ3) is 1.90. The molecule has 1 nitrogen and oxygen atoms in total. The average molecular weight is 181 g/mol. The minimum absolute atomic E-state index is 0.380. The molecule has 76 valence electrons. The van der Waals surface area contributed by atoms with Crippen LogP contribution in [0.5, 0.6) is 0 Å². The molecule has 0 bridgehead atoms. The van der Waals surface area contributed by atoms with E-state index >= 15 is 0 Å². The van der Waals surface area contributed by atoms with Crippen LogP contribution in [0.15, 0.2) is 0 Å². The fourth-order valence-corrected chi connectivity index (χ4v) is 2.29. The zero-order valence-corrected chi connectivity index (χ0v) is 9.48. The molecule has 2 rings (SSSR count). The fraction of sp³-hybridized carbons (Fsp3) is 1.00. The van der Waals surface area contributed by atoms with E-state index in [2.05, 4.69) is 33.0 Å². The molecule has 0 aromatic rings. The summed E-state index contributed by atoms with van der Waals surface area (Å²) in [6.45, 7) is 9.50. The summed E-state index contributed by atoms with van der Waals surface area (Å²) in [7, 11) is 0. The lowest BCUT2D eigenvalue weighted by Crippen LogP contribution is -2.49. The van der Waals surface area contributed by atoms with Gasteiger partial charge >= 0.3 is 0 Å². The van der Waals surface area contributed by atoms with E-state index < -0.39 is 0 Å². The Balaban J connectivity index is 1.88. The molecule has 0 radical (unpaired) electrons. The Hall–Kier alpha value is -0.0400. The lowest BCUT2D eigenvalue weighted by atomic mass is 9.93. The van der Waals surface area contributed by atoms with Gasteiger partial charge in [-0.3, -0.25) is 0 Å². The molecule has 1 unspecified atom stereocenters. The Kier molecular flexibility index (Phi) is 1.99. The molecule has 2 saturated carbocycles. The van der Waals surface area contributed by atoms with Crippen molar-refractivity contribution in [3.05, 3.63) is 0 Å². The second kappa shape index (κ2) is 2.73. The highest BCUT2D eigenvalue weighted by Crippen LogP contribution is 2.49. The first-order valence-electron chi connectivity index (χ1n) is 5.72. The van der Waals surface area contributed by atoms with Crippen molar-refractivity contribution in [1.29, 1.82) is 0 Å². The summed E-state index contributed by atoms with van der Waals surface area (Å²) in [6, 6.07) is 0.697. The molecule has 0 aromatic carbocycles. The SMILES string of the molecule is CC(NC(C)(C)C1CC1)C1(C)CC1. The maximum absolute atomic E-state index is 3.82. The molecule has 0 spiro atoms. The van der Waals surface area contributed by atoms with Crippen molar-refractivity contribution in [3.8, 4) is 0 Å². The summed E-state index contributed by atoms with van der Waals surface area (Å²) in [4.78, 5) is 0. The highest BCUT2D eigenvalue weighted by Gasteiger charge is 2.46. The van der Waals surface area contributed by atoms with Crippen LogP contribution in [0.1, 0.15) is 53.4 Å². The van der Waals surface area contributed by atoms with Gasteiger partial charge in [-0.15, -0.1) is 0 Å². The molecule has 0 aromatic heterocycles. The first-order chi connectivity index (χ1) is 5.94. The van der Waals surface area contributed by atoms with Gasteiger partial charge in [-0.2, -0.15) is 0 Å². The predicted octanol–water partition coefficient (Wildman–Crippen LogP) is 2.95. The van der Waals surface area contributed by atoms with Gasteiger partial charge in [0.05, 0.1) is 0 Å². The predicted molar refractivity (Wildman–Crippen MR) is 56.7 cm³/mol. The van der Waals surface area contributed by atoms with E-state index in [1.54, 1.807) is 0 Å². The Morgan fingerprint density at radius 2 is 1.85 bits per heavy atom. The van der Waals surface area contributed by atoms with Crippen LogP contribution >= 0.6 is 0 Å². The molecule has 0 saturated heterocycles. The smallest absolute Gasteiger partial charge is 0.0156 e. The molecule has 1 heteroatoms.